The first-order chi connectivity index (χ1) is 22.1. The molecule has 10 rings (SSSR count). The van der Waals surface area contributed by atoms with Crippen molar-refractivity contribution >= 4 is 59.5 Å². The molecule has 4 heteroatoms. The van der Waals surface area contributed by atoms with Gasteiger partial charge in [0.1, 0.15) is 12.1 Å². The molecule has 0 spiro atoms. The summed E-state index contributed by atoms with van der Waals surface area (Å²) in [5.41, 5.74) is 12.5. The molecule has 1 aliphatic carbocycles. The molecule has 0 saturated carbocycles. The van der Waals surface area contributed by atoms with Gasteiger partial charge in [-0.2, -0.15) is 0 Å². The normalized spacial score (nSPS) is 14.1. The van der Waals surface area contributed by atoms with Gasteiger partial charge in [-0.05, 0) is 63.0 Å². The highest BCUT2D eigenvalue weighted by molar-refractivity contribution is 7.27. The van der Waals surface area contributed by atoms with Crippen LogP contribution < -0.4 is 4.90 Å². The van der Waals surface area contributed by atoms with Gasteiger partial charge in [-0.15, -0.1) is 11.3 Å². The predicted octanol–water partition coefficient (Wildman–Crippen LogP) is 11.4. The molecule has 0 N–H and O–H groups in total. The van der Waals surface area contributed by atoms with Crippen LogP contribution in [0.4, 0.5) is 17.2 Å². The van der Waals surface area contributed by atoms with E-state index >= 15 is 0 Å². The third-order valence-corrected chi connectivity index (χ3v) is 11.2. The summed E-state index contributed by atoms with van der Waals surface area (Å²) >= 11 is 1.91. The Morgan fingerprint density at radius 2 is 1.42 bits per heavy atom. The van der Waals surface area contributed by atoms with Crippen LogP contribution in [0.5, 0.6) is 0 Å². The number of anilines is 3. The first-order valence-corrected chi connectivity index (χ1v) is 16.2. The summed E-state index contributed by atoms with van der Waals surface area (Å²) in [5, 5.41) is 5.04. The maximum Gasteiger partial charge on any atom is 0.148 e. The lowest BCUT2D eigenvalue weighted by Gasteiger charge is -2.32. The minimum atomic E-state index is -0.0280. The van der Waals surface area contributed by atoms with E-state index in [-0.39, 0.29) is 5.41 Å². The lowest BCUT2D eigenvalue weighted by molar-refractivity contribution is 0.661. The molecule has 0 radical (unpaired) electrons. The molecule has 0 unspecified atom stereocenters. The molecular weight excluding hydrogens is 567 g/mol. The number of benzene rings is 6. The molecule has 6 aromatic carbocycles. The number of thiophene rings is 1. The number of rotatable bonds is 2. The van der Waals surface area contributed by atoms with Gasteiger partial charge >= 0.3 is 0 Å². The topological polar surface area (TPSA) is 29.0 Å². The SMILES string of the molecule is CC1(C)c2ccccc2-c2c1ccc1c2sc2c(N3c4ncncc4-c4cc(-c5ccccc5)cc5cccc3c45)cccc21. The maximum absolute atomic E-state index is 4.95. The van der Waals surface area contributed by atoms with E-state index in [9.17, 15) is 0 Å². The average molecular weight is 594 g/mol. The van der Waals surface area contributed by atoms with Crippen molar-refractivity contribution in [3.63, 3.8) is 0 Å². The van der Waals surface area contributed by atoms with Crippen molar-refractivity contribution in [2.24, 2.45) is 0 Å². The minimum Gasteiger partial charge on any atom is -0.292 e. The third kappa shape index (κ3) is 3.29. The average Bonchev–Trinajstić information content (AvgIpc) is 3.58. The molecule has 0 saturated heterocycles. The first kappa shape index (κ1) is 25.1. The van der Waals surface area contributed by atoms with Gasteiger partial charge in [-0.3, -0.25) is 4.90 Å². The van der Waals surface area contributed by atoms with Gasteiger partial charge in [-0.25, -0.2) is 9.97 Å². The molecule has 1 aliphatic heterocycles. The van der Waals surface area contributed by atoms with E-state index in [1.54, 1.807) is 6.33 Å². The number of aromatic nitrogens is 2. The van der Waals surface area contributed by atoms with E-state index in [0.29, 0.717) is 0 Å². The minimum absolute atomic E-state index is 0.0280. The second-order valence-corrected chi connectivity index (χ2v) is 13.7. The fourth-order valence-corrected chi connectivity index (χ4v) is 9.22. The monoisotopic (exact) mass is 593 g/mol. The van der Waals surface area contributed by atoms with E-state index in [1.165, 1.54) is 69.9 Å². The van der Waals surface area contributed by atoms with Gasteiger partial charge in [0.25, 0.3) is 0 Å². The molecule has 0 bridgehead atoms. The lowest BCUT2D eigenvalue weighted by Crippen LogP contribution is -2.17. The first-order valence-electron chi connectivity index (χ1n) is 15.4. The van der Waals surface area contributed by atoms with Crippen molar-refractivity contribution in [3.05, 3.63) is 139 Å². The molecule has 45 heavy (non-hydrogen) atoms. The van der Waals surface area contributed by atoms with Crippen molar-refractivity contribution in [3.8, 4) is 33.4 Å². The standard InChI is InChI=1S/C41H27N3S/c1-41(2)32-15-7-6-13-29(32)37-33(41)19-18-28-27-14-9-17-35(38(27)45-39(28)37)44-34-16-8-12-25-20-26(24-10-4-3-5-11-24)21-30(36(25)34)31-22-42-23-43-40(31)44/h3-23H,1-2H3. The van der Waals surface area contributed by atoms with Gasteiger partial charge in [0, 0.05) is 43.6 Å². The molecule has 2 aromatic heterocycles. The smallest absolute Gasteiger partial charge is 0.148 e. The molecule has 0 amide bonds. The Balaban J connectivity index is 1.26. The highest BCUT2D eigenvalue weighted by Crippen LogP contribution is 2.57. The fraction of sp³-hybridized carbons (Fsp3) is 0.0732. The number of hydrogen-bond acceptors (Lipinski definition) is 4. The Bertz CT molecular complexity index is 2530. The summed E-state index contributed by atoms with van der Waals surface area (Å²) < 4.78 is 2.63. The highest BCUT2D eigenvalue weighted by atomic mass is 32.1. The van der Waals surface area contributed by atoms with E-state index in [0.717, 1.165) is 22.8 Å². The summed E-state index contributed by atoms with van der Waals surface area (Å²) in [6, 6.07) is 42.2. The lowest BCUT2D eigenvalue weighted by atomic mass is 9.82. The molecule has 8 aromatic rings. The van der Waals surface area contributed by atoms with Crippen LogP contribution in [-0.4, -0.2) is 9.97 Å². The van der Waals surface area contributed by atoms with Crippen molar-refractivity contribution in [2.75, 3.05) is 4.90 Å². The Hall–Kier alpha value is -5.32. The van der Waals surface area contributed by atoms with Crippen LogP contribution >= 0.6 is 11.3 Å². The summed E-state index contributed by atoms with van der Waals surface area (Å²) in [7, 11) is 0. The van der Waals surface area contributed by atoms with Crippen LogP contribution in [0, 0.1) is 0 Å². The Kier molecular flexibility index (Phi) is 4.94. The van der Waals surface area contributed by atoms with E-state index in [4.69, 9.17) is 4.98 Å². The second kappa shape index (κ2) is 8.87. The Labute approximate surface area is 265 Å². The second-order valence-electron chi connectivity index (χ2n) is 12.7. The van der Waals surface area contributed by atoms with Crippen molar-refractivity contribution in [1.82, 2.24) is 9.97 Å². The van der Waals surface area contributed by atoms with Crippen LogP contribution in [0.15, 0.2) is 128 Å². The van der Waals surface area contributed by atoms with Crippen LogP contribution in [0.1, 0.15) is 25.0 Å². The van der Waals surface area contributed by atoms with Gasteiger partial charge in [0.15, 0.2) is 0 Å². The molecule has 0 fully saturated rings. The Morgan fingerprint density at radius 1 is 0.622 bits per heavy atom. The molecule has 3 heterocycles. The molecule has 212 valence electrons. The van der Waals surface area contributed by atoms with Crippen molar-refractivity contribution in [2.45, 2.75) is 19.3 Å². The zero-order chi connectivity index (χ0) is 29.9. The van der Waals surface area contributed by atoms with Gasteiger partial charge in [0.05, 0.1) is 16.1 Å². The Morgan fingerprint density at radius 3 is 2.33 bits per heavy atom. The van der Waals surface area contributed by atoms with Crippen LogP contribution in [0.3, 0.4) is 0 Å². The molecular formula is C41H27N3S. The molecule has 0 atom stereocenters. The quantitative estimate of drug-likeness (QED) is 0.200. The van der Waals surface area contributed by atoms with Crippen LogP contribution in [-0.2, 0) is 5.41 Å². The summed E-state index contributed by atoms with van der Waals surface area (Å²) in [6.45, 7) is 4.71. The summed E-state index contributed by atoms with van der Waals surface area (Å²) in [5.74, 6) is 0.914. The van der Waals surface area contributed by atoms with Crippen molar-refractivity contribution < 1.29 is 0 Å². The van der Waals surface area contributed by atoms with Gasteiger partial charge in [0.2, 0.25) is 0 Å². The predicted molar refractivity (Wildman–Crippen MR) is 189 cm³/mol. The van der Waals surface area contributed by atoms with E-state index in [2.05, 4.69) is 139 Å². The van der Waals surface area contributed by atoms with Gasteiger partial charge < -0.3 is 0 Å². The van der Waals surface area contributed by atoms with E-state index in [1.807, 2.05) is 17.5 Å². The molecule has 3 nitrogen and oxygen atoms in total. The van der Waals surface area contributed by atoms with Gasteiger partial charge in [-0.1, -0.05) is 105 Å². The number of hydrogen-bond donors (Lipinski definition) is 0. The van der Waals surface area contributed by atoms with Crippen LogP contribution in [0.2, 0.25) is 0 Å². The van der Waals surface area contributed by atoms with E-state index < -0.39 is 0 Å². The zero-order valence-corrected chi connectivity index (χ0v) is 25.7. The fourth-order valence-electron chi connectivity index (χ4n) is 7.86. The highest BCUT2D eigenvalue weighted by Gasteiger charge is 2.37. The van der Waals surface area contributed by atoms with Crippen molar-refractivity contribution in [1.29, 1.82) is 0 Å². The van der Waals surface area contributed by atoms with Crippen LogP contribution in [0.25, 0.3) is 64.3 Å². The molecule has 2 aliphatic rings. The maximum atomic E-state index is 4.95. The summed E-state index contributed by atoms with van der Waals surface area (Å²) in [4.78, 5) is 11.8. The largest absolute Gasteiger partial charge is 0.292 e. The summed E-state index contributed by atoms with van der Waals surface area (Å²) in [6.07, 6.45) is 3.65. The zero-order valence-electron chi connectivity index (χ0n) is 24.9. The number of fused-ring (bicyclic) bond motifs is 9. The third-order valence-electron chi connectivity index (χ3n) is 9.93. The number of nitrogens with zero attached hydrogens (tertiary/aromatic N) is 3.